The Bertz CT molecular complexity index is 219. The summed E-state index contributed by atoms with van der Waals surface area (Å²) in [5.41, 5.74) is 0. The molecular weight excluding hydrogens is 182 g/mol. The first-order chi connectivity index (χ1) is 6.35. The molecule has 0 aromatic rings. The lowest BCUT2D eigenvalue weighted by Crippen LogP contribution is -2.09. The quantitative estimate of drug-likeness (QED) is 0.401. The van der Waals surface area contributed by atoms with E-state index >= 15 is 0 Å². The fourth-order valence-corrected chi connectivity index (χ4v) is 1.19. The molecule has 0 aliphatic carbocycles. The van der Waals surface area contributed by atoms with Crippen LogP contribution in [0.25, 0.3) is 0 Å². The predicted octanol–water partition coefficient (Wildman–Crippen LogP) is 2.11. The minimum absolute atomic E-state index is 0.581. The molecular formula is C10H15NOS. The average Bonchev–Trinajstić information content (AvgIpc) is 2.16. The summed E-state index contributed by atoms with van der Waals surface area (Å²) >= 11 is 1.69. The van der Waals surface area contributed by atoms with Gasteiger partial charge in [0, 0.05) is 11.4 Å². The normalized spacial score (nSPS) is 12.6. The van der Waals surface area contributed by atoms with E-state index in [0.29, 0.717) is 13.0 Å². The molecule has 1 N–H and O–H groups in total. The van der Waals surface area contributed by atoms with Gasteiger partial charge in [-0.05, 0) is 19.3 Å². The van der Waals surface area contributed by atoms with E-state index in [4.69, 9.17) is 0 Å². The van der Waals surface area contributed by atoms with Crippen LogP contribution in [-0.2, 0) is 4.79 Å². The van der Waals surface area contributed by atoms with E-state index in [1.807, 2.05) is 43.6 Å². The Morgan fingerprint density at radius 2 is 2.31 bits per heavy atom. The Morgan fingerprint density at radius 3 is 2.85 bits per heavy atom. The van der Waals surface area contributed by atoms with Gasteiger partial charge in [0.2, 0.25) is 6.41 Å². The van der Waals surface area contributed by atoms with Crippen molar-refractivity contribution in [1.29, 1.82) is 0 Å². The predicted molar refractivity (Wildman–Crippen MR) is 59.6 cm³/mol. The molecule has 0 heterocycles. The highest BCUT2D eigenvalue weighted by Crippen LogP contribution is 2.12. The van der Waals surface area contributed by atoms with Crippen LogP contribution in [0.5, 0.6) is 0 Å². The summed E-state index contributed by atoms with van der Waals surface area (Å²) in [6.45, 7) is 2.57. The van der Waals surface area contributed by atoms with E-state index < -0.39 is 0 Å². The molecule has 1 amide bonds. The first-order valence-electron chi connectivity index (χ1n) is 4.05. The smallest absolute Gasteiger partial charge is 0.207 e. The van der Waals surface area contributed by atoms with E-state index in [0.717, 1.165) is 0 Å². The molecule has 0 aromatic heterocycles. The van der Waals surface area contributed by atoms with Crippen molar-refractivity contribution in [2.75, 3.05) is 12.8 Å². The fourth-order valence-electron chi connectivity index (χ4n) is 0.703. The number of rotatable bonds is 6. The molecule has 72 valence electrons. The van der Waals surface area contributed by atoms with Gasteiger partial charge in [0.15, 0.2) is 0 Å². The lowest BCUT2D eigenvalue weighted by molar-refractivity contribution is -0.109. The van der Waals surface area contributed by atoms with Crippen molar-refractivity contribution in [3.8, 4) is 0 Å². The second kappa shape index (κ2) is 9.13. The van der Waals surface area contributed by atoms with Crippen LogP contribution in [0.15, 0.2) is 35.3 Å². The summed E-state index contributed by atoms with van der Waals surface area (Å²) < 4.78 is 0. The third kappa shape index (κ3) is 7.40. The summed E-state index contributed by atoms with van der Waals surface area (Å²) in [4.78, 5) is 11.1. The van der Waals surface area contributed by atoms with Crippen LogP contribution in [0.1, 0.15) is 6.92 Å². The first kappa shape index (κ1) is 12.0. The maximum absolute atomic E-state index is 9.88. The number of hydrogen-bond acceptors (Lipinski definition) is 2. The zero-order valence-electron chi connectivity index (χ0n) is 7.99. The SMILES string of the molecule is C\C=C/C(=C\C=C\CNC=O)SC. The van der Waals surface area contributed by atoms with Gasteiger partial charge < -0.3 is 5.32 Å². The minimum Gasteiger partial charge on any atom is -0.355 e. The van der Waals surface area contributed by atoms with Gasteiger partial charge in [-0.2, -0.15) is 0 Å². The summed E-state index contributed by atoms with van der Waals surface area (Å²) in [6, 6.07) is 0. The lowest BCUT2D eigenvalue weighted by atomic mass is 10.4. The number of thioether (sulfide) groups is 1. The molecule has 0 aliphatic heterocycles. The molecule has 0 bridgehead atoms. The van der Waals surface area contributed by atoms with Crippen LogP contribution in [0.4, 0.5) is 0 Å². The summed E-state index contributed by atoms with van der Waals surface area (Å²) in [5.74, 6) is 0. The van der Waals surface area contributed by atoms with Gasteiger partial charge in [-0.1, -0.05) is 24.3 Å². The number of carbonyl (C=O) groups excluding carboxylic acids is 1. The van der Waals surface area contributed by atoms with Crippen LogP contribution >= 0.6 is 11.8 Å². The molecule has 3 heteroatoms. The van der Waals surface area contributed by atoms with Crippen LogP contribution in [0, 0.1) is 0 Å². The van der Waals surface area contributed by atoms with Gasteiger partial charge in [-0.3, -0.25) is 4.79 Å². The van der Waals surface area contributed by atoms with Crippen LogP contribution < -0.4 is 5.32 Å². The van der Waals surface area contributed by atoms with Crippen molar-refractivity contribution < 1.29 is 4.79 Å². The van der Waals surface area contributed by atoms with Gasteiger partial charge >= 0.3 is 0 Å². The highest BCUT2D eigenvalue weighted by molar-refractivity contribution is 8.02. The monoisotopic (exact) mass is 197 g/mol. The fraction of sp³-hybridized carbons (Fsp3) is 0.300. The summed E-state index contributed by atoms with van der Waals surface area (Å²) in [6.07, 6.45) is 12.6. The number of amides is 1. The van der Waals surface area contributed by atoms with Crippen molar-refractivity contribution in [1.82, 2.24) is 5.32 Å². The molecule has 13 heavy (non-hydrogen) atoms. The maximum atomic E-state index is 9.88. The number of nitrogens with one attached hydrogen (secondary N) is 1. The van der Waals surface area contributed by atoms with E-state index in [-0.39, 0.29) is 0 Å². The molecule has 0 atom stereocenters. The van der Waals surface area contributed by atoms with Crippen molar-refractivity contribution >= 4 is 18.2 Å². The molecule has 0 saturated carbocycles. The third-order valence-electron chi connectivity index (χ3n) is 1.28. The maximum Gasteiger partial charge on any atom is 0.207 e. The zero-order chi connectivity index (χ0) is 9.94. The summed E-state index contributed by atoms with van der Waals surface area (Å²) in [5, 5.41) is 2.55. The largest absolute Gasteiger partial charge is 0.355 e. The minimum atomic E-state index is 0.581. The number of allylic oxidation sites excluding steroid dienone is 4. The highest BCUT2D eigenvalue weighted by Gasteiger charge is 1.83. The topological polar surface area (TPSA) is 29.1 Å². The second-order valence-corrected chi connectivity index (χ2v) is 3.11. The van der Waals surface area contributed by atoms with Gasteiger partial charge in [-0.15, -0.1) is 11.8 Å². The van der Waals surface area contributed by atoms with Gasteiger partial charge in [0.25, 0.3) is 0 Å². The average molecular weight is 197 g/mol. The van der Waals surface area contributed by atoms with Crippen molar-refractivity contribution in [3.05, 3.63) is 35.3 Å². The lowest BCUT2D eigenvalue weighted by Gasteiger charge is -1.92. The number of carbonyl (C=O) groups is 1. The highest BCUT2D eigenvalue weighted by atomic mass is 32.2. The zero-order valence-corrected chi connectivity index (χ0v) is 8.80. The molecule has 0 aromatic carbocycles. The molecule has 0 unspecified atom stereocenters. The first-order valence-corrected chi connectivity index (χ1v) is 5.28. The Balaban J connectivity index is 3.90. The standard InChI is InChI=1S/C10H15NOS/c1-3-6-10(13-2)7-4-5-8-11-9-12/h3-7,9H,8H2,1-2H3,(H,11,12)/b5-4+,6-3-,10-7+. The van der Waals surface area contributed by atoms with Crippen molar-refractivity contribution in [2.45, 2.75) is 6.92 Å². The molecule has 0 spiro atoms. The van der Waals surface area contributed by atoms with E-state index in [1.165, 1.54) is 4.91 Å². The van der Waals surface area contributed by atoms with Gasteiger partial charge in [0.05, 0.1) is 0 Å². The van der Waals surface area contributed by atoms with Crippen LogP contribution in [0.3, 0.4) is 0 Å². The molecule has 0 fully saturated rings. The Hall–Kier alpha value is -0.960. The number of hydrogen-bond donors (Lipinski definition) is 1. The van der Waals surface area contributed by atoms with Crippen LogP contribution in [-0.4, -0.2) is 19.2 Å². The van der Waals surface area contributed by atoms with E-state index in [1.54, 1.807) is 11.8 Å². The molecule has 0 aliphatic rings. The molecule has 2 nitrogen and oxygen atoms in total. The van der Waals surface area contributed by atoms with Gasteiger partial charge in [-0.25, -0.2) is 0 Å². The van der Waals surface area contributed by atoms with Crippen molar-refractivity contribution in [3.63, 3.8) is 0 Å². The Morgan fingerprint density at radius 1 is 1.54 bits per heavy atom. The van der Waals surface area contributed by atoms with Crippen molar-refractivity contribution in [2.24, 2.45) is 0 Å². The Labute approximate surface area is 83.8 Å². The van der Waals surface area contributed by atoms with Crippen LogP contribution in [0.2, 0.25) is 0 Å². The van der Waals surface area contributed by atoms with E-state index in [9.17, 15) is 4.79 Å². The van der Waals surface area contributed by atoms with Gasteiger partial charge in [0.1, 0.15) is 0 Å². The molecule has 0 rings (SSSR count). The summed E-state index contributed by atoms with van der Waals surface area (Å²) in [7, 11) is 0. The third-order valence-corrected chi connectivity index (χ3v) is 2.03. The molecule has 0 radical (unpaired) electrons. The second-order valence-electron chi connectivity index (χ2n) is 2.23. The molecule has 0 saturated heterocycles. The Kier molecular flexibility index (Phi) is 8.46. The van der Waals surface area contributed by atoms with E-state index in [2.05, 4.69) is 5.32 Å².